The van der Waals surface area contributed by atoms with Crippen LogP contribution in [0.4, 0.5) is 0 Å². The van der Waals surface area contributed by atoms with Gasteiger partial charge in [-0.2, -0.15) is 4.80 Å². The van der Waals surface area contributed by atoms with Crippen LogP contribution in [0.2, 0.25) is 0 Å². The molecule has 2 heterocycles. The number of tetrazole rings is 1. The fourth-order valence-corrected chi connectivity index (χ4v) is 2.33. The quantitative estimate of drug-likeness (QED) is 0.678. The minimum atomic E-state index is -0.708. The molecule has 126 valence electrons. The van der Waals surface area contributed by atoms with Gasteiger partial charge in [-0.3, -0.25) is 0 Å². The molecule has 3 aromatic rings. The molecule has 1 atom stereocenters. The molecule has 7 nitrogen and oxygen atoms in total. The summed E-state index contributed by atoms with van der Waals surface area (Å²) < 4.78 is 10.6. The van der Waals surface area contributed by atoms with Crippen molar-refractivity contribution in [2.75, 3.05) is 6.61 Å². The first-order valence-electron chi connectivity index (χ1n) is 7.80. The summed E-state index contributed by atoms with van der Waals surface area (Å²) in [6, 6.07) is 11.7. The van der Waals surface area contributed by atoms with Crippen LogP contribution in [0.5, 0.6) is 0 Å². The highest BCUT2D eigenvalue weighted by molar-refractivity contribution is 5.27. The zero-order chi connectivity index (χ0) is 16.8. The number of aromatic nitrogens is 4. The minimum Gasteiger partial charge on any atom is -0.467 e. The van der Waals surface area contributed by atoms with E-state index in [1.807, 2.05) is 24.3 Å². The molecule has 2 aromatic heterocycles. The van der Waals surface area contributed by atoms with E-state index in [9.17, 15) is 5.11 Å². The summed E-state index contributed by atoms with van der Waals surface area (Å²) >= 11 is 0. The summed E-state index contributed by atoms with van der Waals surface area (Å²) in [7, 11) is 0. The number of nitrogens with zero attached hydrogens (tertiary/aromatic N) is 4. The first-order valence-corrected chi connectivity index (χ1v) is 7.80. The molecule has 24 heavy (non-hydrogen) atoms. The number of hydrogen-bond acceptors (Lipinski definition) is 6. The third kappa shape index (κ3) is 4.50. The average molecular weight is 328 g/mol. The van der Waals surface area contributed by atoms with Crippen LogP contribution >= 0.6 is 0 Å². The number of rotatable bonds is 8. The summed E-state index contributed by atoms with van der Waals surface area (Å²) in [6.07, 6.45) is 1.50. The molecule has 0 bridgehead atoms. The Bertz CT molecular complexity index is 755. The van der Waals surface area contributed by atoms with Crippen LogP contribution < -0.4 is 0 Å². The molecule has 0 spiro atoms. The molecule has 0 saturated carbocycles. The van der Waals surface area contributed by atoms with E-state index in [-0.39, 0.29) is 13.2 Å². The molecule has 1 unspecified atom stereocenters. The van der Waals surface area contributed by atoms with Gasteiger partial charge < -0.3 is 14.3 Å². The van der Waals surface area contributed by atoms with Gasteiger partial charge in [-0.1, -0.05) is 24.3 Å². The summed E-state index contributed by atoms with van der Waals surface area (Å²) in [5, 5.41) is 22.3. The Kier molecular flexibility index (Phi) is 5.35. The minimum absolute atomic E-state index is 0.176. The number of aryl methyl sites for hydroxylation is 1. The molecule has 0 aliphatic carbocycles. The van der Waals surface area contributed by atoms with Crippen molar-refractivity contribution in [3.8, 4) is 0 Å². The Morgan fingerprint density at radius 3 is 2.92 bits per heavy atom. The van der Waals surface area contributed by atoms with Crippen LogP contribution in [0.15, 0.2) is 47.1 Å². The summed E-state index contributed by atoms with van der Waals surface area (Å²) in [4.78, 5) is 1.40. The topological polar surface area (TPSA) is 86.2 Å². The van der Waals surface area contributed by atoms with Gasteiger partial charge in [0.05, 0.1) is 25.5 Å². The smallest absolute Gasteiger partial charge is 0.179 e. The van der Waals surface area contributed by atoms with Gasteiger partial charge in [-0.15, -0.1) is 10.2 Å². The summed E-state index contributed by atoms with van der Waals surface area (Å²) in [6.45, 7) is 2.79. The van der Waals surface area contributed by atoms with Crippen LogP contribution in [0, 0.1) is 6.92 Å². The van der Waals surface area contributed by atoms with Crippen LogP contribution in [-0.2, 0) is 24.3 Å². The zero-order valence-electron chi connectivity index (χ0n) is 13.5. The SMILES string of the molecule is Cc1ccccc1Cc1nnn(CC(O)COCc2ccco2)n1. The van der Waals surface area contributed by atoms with E-state index >= 15 is 0 Å². The van der Waals surface area contributed by atoms with E-state index in [1.54, 1.807) is 12.3 Å². The van der Waals surface area contributed by atoms with Crippen LogP contribution in [0.25, 0.3) is 0 Å². The maximum absolute atomic E-state index is 9.99. The molecule has 0 radical (unpaired) electrons. The van der Waals surface area contributed by atoms with Gasteiger partial charge >= 0.3 is 0 Å². The number of ether oxygens (including phenoxy) is 1. The van der Waals surface area contributed by atoms with E-state index in [0.717, 1.165) is 5.76 Å². The molecule has 1 N–H and O–H groups in total. The van der Waals surface area contributed by atoms with Gasteiger partial charge in [0, 0.05) is 6.42 Å². The fourth-order valence-electron chi connectivity index (χ4n) is 2.33. The van der Waals surface area contributed by atoms with Crippen molar-refractivity contribution in [3.05, 3.63) is 65.4 Å². The number of benzene rings is 1. The molecule has 0 aliphatic heterocycles. The highest BCUT2D eigenvalue weighted by atomic mass is 16.5. The van der Waals surface area contributed by atoms with Gasteiger partial charge in [0.25, 0.3) is 0 Å². The van der Waals surface area contributed by atoms with Crippen molar-refractivity contribution in [3.63, 3.8) is 0 Å². The number of hydrogen-bond donors (Lipinski definition) is 1. The van der Waals surface area contributed by atoms with Crippen LogP contribution in [0.3, 0.4) is 0 Å². The fraction of sp³-hybridized carbons (Fsp3) is 0.353. The van der Waals surface area contributed by atoms with Crippen molar-refractivity contribution < 1.29 is 14.3 Å². The van der Waals surface area contributed by atoms with E-state index in [0.29, 0.717) is 18.9 Å². The summed E-state index contributed by atoms with van der Waals surface area (Å²) in [5.41, 5.74) is 2.36. The number of aliphatic hydroxyl groups excluding tert-OH is 1. The maximum atomic E-state index is 9.99. The monoisotopic (exact) mass is 328 g/mol. The lowest BCUT2D eigenvalue weighted by Crippen LogP contribution is -2.23. The van der Waals surface area contributed by atoms with E-state index in [1.165, 1.54) is 15.9 Å². The lowest BCUT2D eigenvalue weighted by atomic mass is 10.1. The zero-order valence-corrected chi connectivity index (χ0v) is 13.5. The molecule has 0 amide bonds. The van der Waals surface area contributed by atoms with Crippen LogP contribution in [0.1, 0.15) is 22.7 Å². The second-order valence-corrected chi connectivity index (χ2v) is 5.61. The van der Waals surface area contributed by atoms with Gasteiger partial charge in [0.2, 0.25) is 0 Å². The predicted octanol–water partition coefficient (Wildman–Crippen LogP) is 1.74. The number of aliphatic hydroxyl groups is 1. The van der Waals surface area contributed by atoms with E-state index < -0.39 is 6.10 Å². The molecule has 0 aliphatic rings. The molecule has 7 heteroatoms. The molecular formula is C17H20N4O3. The third-order valence-electron chi connectivity index (χ3n) is 3.61. The lowest BCUT2D eigenvalue weighted by Gasteiger charge is -2.09. The second-order valence-electron chi connectivity index (χ2n) is 5.61. The van der Waals surface area contributed by atoms with Gasteiger partial charge in [0.1, 0.15) is 12.4 Å². The molecular weight excluding hydrogens is 308 g/mol. The van der Waals surface area contributed by atoms with E-state index in [4.69, 9.17) is 9.15 Å². The average Bonchev–Trinajstić information content (AvgIpc) is 3.22. The third-order valence-corrected chi connectivity index (χ3v) is 3.61. The van der Waals surface area contributed by atoms with Gasteiger partial charge in [0.15, 0.2) is 5.82 Å². The lowest BCUT2D eigenvalue weighted by molar-refractivity contribution is 0.0110. The van der Waals surface area contributed by atoms with Crippen molar-refractivity contribution >= 4 is 0 Å². The first kappa shape index (κ1) is 16.4. The Morgan fingerprint density at radius 2 is 2.12 bits per heavy atom. The number of furan rings is 1. The Labute approximate surface area is 139 Å². The highest BCUT2D eigenvalue weighted by Crippen LogP contribution is 2.10. The largest absolute Gasteiger partial charge is 0.467 e. The predicted molar refractivity (Wildman–Crippen MR) is 86.2 cm³/mol. The van der Waals surface area contributed by atoms with Gasteiger partial charge in [-0.25, -0.2) is 0 Å². The molecule has 1 aromatic carbocycles. The summed E-state index contributed by atoms with van der Waals surface area (Å²) in [5.74, 6) is 1.36. The van der Waals surface area contributed by atoms with Crippen LogP contribution in [-0.4, -0.2) is 38.0 Å². The first-order chi connectivity index (χ1) is 11.7. The molecule has 3 rings (SSSR count). The Morgan fingerprint density at radius 1 is 1.25 bits per heavy atom. The van der Waals surface area contributed by atoms with Gasteiger partial charge in [-0.05, 0) is 35.4 Å². The highest BCUT2D eigenvalue weighted by Gasteiger charge is 2.11. The maximum Gasteiger partial charge on any atom is 0.179 e. The van der Waals surface area contributed by atoms with Crippen molar-refractivity contribution in [2.24, 2.45) is 0 Å². The second kappa shape index (κ2) is 7.85. The van der Waals surface area contributed by atoms with Crippen molar-refractivity contribution in [1.29, 1.82) is 0 Å². The molecule has 0 fully saturated rings. The Balaban J connectivity index is 1.47. The van der Waals surface area contributed by atoms with E-state index in [2.05, 4.69) is 28.4 Å². The standard InChI is InChI=1S/C17H20N4O3/c1-13-5-2-3-6-14(13)9-17-18-20-21(19-17)10-15(22)11-23-12-16-7-4-8-24-16/h2-8,15,22H,9-12H2,1H3. The van der Waals surface area contributed by atoms with Crippen molar-refractivity contribution in [1.82, 2.24) is 20.2 Å². The Hall–Kier alpha value is -2.51. The van der Waals surface area contributed by atoms with Crippen molar-refractivity contribution in [2.45, 2.75) is 32.6 Å². The molecule has 0 saturated heterocycles. The normalized spacial score (nSPS) is 12.4.